The topological polar surface area (TPSA) is 86.9 Å². The van der Waals surface area contributed by atoms with Crippen LogP contribution in [0.25, 0.3) is 22.2 Å². The number of aromatic nitrogens is 2. The fourth-order valence-corrected chi connectivity index (χ4v) is 8.04. The molecule has 2 unspecified atom stereocenters. The minimum atomic E-state index is -0.193. The fraction of sp³-hybridized carbons (Fsp3) is 0.344. The van der Waals surface area contributed by atoms with Gasteiger partial charge < -0.3 is 15.6 Å². The lowest BCUT2D eigenvalue weighted by molar-refractivity contribution is -0.149. The van der Waals surface area contributed by atoms with Crippen molar-refractivity contribution in [2.75, 3.05) is 10.6 Å². The van der Waals surface area contributed by atoms with Gasteiger partial charge in [-0.25, -0.2) is 4.98 Å². The number of amides is 2. The number of pyridine rings is 1. The number of hydrogen-bond acceptors (Lipinski definition) is 3. The van der Waals surface area contributed by atoms with E-state index in [2.05, 4.69) is 33.6 Å². The van der Waals surface area contributed by atoms with Gasteiger partial charge in [0.1, 0.15) is 5.82 Å². The van der Waals surface area contributed by atoms with Crippen molar-refractivity contribution >= 4 is 34.2 Å². The van der Waals surface area contributed by atoms with E-state index in [1.807, 2.05) is 54.6 Å². The number of nitrogens with zero attached hydrogens (tertiary/aromatic N) is 1. The Labute approximate surface area is 222 Å². The molecule has 8 rings (SSSR count). The first-order chi connectivity index (χ1) is 18.4. The zero-order chi connectivity index (χ0) is 25.9. The van der Waals surface area contributed by atoms with Crippen LogP contribution in [0, 0.1) is 22.7 Å². The minimum Gasteiger partial charge on any atom is -0.355 e. The summed E-state index contributed by atoms with van der Waals surface area (Å²) < 4.78 is 0. The summed E-state index contributed by atoms with van der Waals surface area (Å²) in [6.45, 7) is 2.40. The van der Waals surface area contributed by atoms with Gasteiger partial charge in [0.25, 0.3) is 5.91 Å². The van der Waals surface area contributed by atoms with E-state index in [0.717, 1.165) is 58.9 Å². The molecule has 3 N–H and O–H groups in total. The second kappa shape index (κ2) is 8.55. The normalized spacial score (nSPS) is 27.4. The number of fused-ring (bicyclic) bond motifs is 1. The highest BCUT2D eigenvalue weighted by Crippen LogP contribution is 2.65. The summed E-state index contributed by atoms with van der Waals surface area (Å²) in [7, 11) is 0. The van der Waals surface area contributed by atoms with E-state index in [1.54, 1.807) is 12.3 Å². The first-order valence-corrected chi connectivity index (χ1v) is 13.6. The van der Waals surface area contributed by atoms with Gasteiger partial charge in [0.2, 0.25) is 5.91 Å². The third-order valence-electron chi connectivity index (χ3n) is 9.08. The molecule has 4 bridgehead atoms. The number of carbonyl (C=O) groups is 2. The molecule has 0 radical (unpaired) electrons. The maximum absolute atomic E-state index is 13.5. The van der Waals surface area contributed by atoms with E-state index < -0.39 is 0 Å². The monoisotopic (exact) mass is 504 g/mol. The van der Waals surface area contributed by atoms with Crippen LogP contribution >= 0.6 is 0 Å². The lowest BCUT2D eigenvalue weighted by Gasteiger charge is -2.60. The summed E-state index contributed by atoms with van der Waals surface area (Å²) in [5, 5.41) is 7.05. The Morgan fingerprint density at radius 3 is 2.42 bits per heavy atom. The molecular weight excluding hydrogens is 472 g/mol. The number of carbonyl (C=O) groups excluding carboxylic acids is 2. The van der Waals surface area contributed by atoms with Crippen molar-refractivity contribution in [2.45, 2.75) is 45.4 Å². The molecule has 0 saturated heterocycles. The van der Waals surface area contributed by atoms with E-state index in [1.165, 1.54) is 19.3 Å². The van der Waals surface area contributed by atoms with Gasteiger partial charge in [0.15, 0.2) is 0 Å². The average molecular weight is 505 g/mol. The number of aromatic amines is 1. The molecule has 4 aliphatic rings. The molecule has 6 heteroatoms. The fourth-order valence-electron chi connectivity index (χ4n) is 8.04. The van der Waals surface area contributed by atoms with Gasteiger partial charge in [-0.05, 0) is 110 Å². The summed E-state index contributed by atoms with van der Waals surface area (Å²) in [5.41, 5.74) is 4.54. The Bertz CT molecular complexity index is 1520. The number of rotatable bonds is 5. The predicted octanol–water partition coefficient (Wildman–Crippen LogP) is 7.03. The van der Waals surface area contributed by atoms with Gasteiger partial charge in [-0.3, -0.25) is 9.59 Å². The van der Waals surface area contributed by atoms with Crippen molar-refractivity contribution in [1.29, 1.82) is 0 Å². The highest BCUT2D eigenvalue weighted by atomic mass is 16.2. The average Bonchev–Trinajstić information content (AvgIpc) is 3.32. The molecule has 192 valence electrons. The number of hydrogen-bond donors (Lipinski definition) is 3. The van der Waals surface area contributed by atoms with Crippen LogP contribution in [0.2, 0.25) is 0 Å². The highest BCUT2D eigenvalue weighted by molar-refractivity contribution is 6.06. The maximum atomic E-state index is 13.5. The number of benzene rings is 2. The second-order valence-electron chi connectivity index (χ2n) is 12.2. The van der Waals surface area contributed by atoms with Crippen molar-refractivity contribution in [2.24, 2.45) is 22.7 Å². The third kappa shape index (κ3) is 4.08. The zero-order valence-corrected chi connectivity index (χ0v) is 21.6. The lowest BCUT2D eigenvalue weighted by atomic mass is 9.44. The van der Waals surface area contributed by atoms with Crippen LogP contribution in [0.15, 0.2) is 72.9 Å². The van der Waals surface area contributed by atoms with Gasteiger partial charge in [-0.2, -0.15) is 0 Å². The second-order valence-corrected chi connectivity index (χ2v) is 12.2. The molecule has 4 fully saturated rings. The molecule has 2 aromatic heterocycles. The van der Waals surface area contributed by atoms with Crippen LogP contribution in [-0.2, 0) is 4.79 Å². The van der Waals surface area contributed by atoms with Gasteiger partial charge in [0, 0.05) is 34.0 Å². The SMILES string of the molecule is CC12C[C@H]3C[C@@H](C1)CC(C(=O)Nc1ccc(-c4cc5cc(C(=O)Nc6ccccn6)ccc5[nH]4)cc1)(C3)C2. The number of nitrogens with one attached hydrogen (secondary N) is 3. The van der Waals surface area contributed by atoms with Crippen LogP contribution in [-0.4, -0.2) is 21.8 Å². The van der Waals surface area contributed by atoms with Crippen LogP contribution in [0.4, 0.5) is 11.5 Å². The third-order valence-corrected chi connectivity index (χ3v) is 9.08. The zero-order valence-electron chi connectivity index (χ0n) is 21.6. The molecule has 38 heavy (non-hydrogen) atoms. The van der Waals surface area contributed by atoms with Crippen LogP contribution in [0.5, 0.6) is 0 Å². The van der Waals surface area contributed by atoms with Crippen molar-refractivity contribution in [1.82, 2.24) is 9.97 Å². The molecule has 4 atom stereocenters. The van der Waals surface area contributed by atoms with Crippen LogP contribution in [0.1, 0.15) is 55.8 Å². The first kappa shape index (κ1) is 23.2. The van der Waals surface area contributed by atoms with Gasteiger partial charge in [-0.1, -0.05) is 25.1 Å². The Kier molecular flexibility index (Phi) is 5.22. The first-order valence-electron chi connectivity index (χ1n) is 13.6. The predicted molar refractivity (Wildman–Crippen MR) is 150 cm³/mol. The van der Waals surface area contributed by atoms with E-state index in [9.17, 15) is 9.59 Å². The lowest BCUT2D eigenvalue weighted by Crippen LogP contribution is -2.55. The molecule has 4 aliphatic carbocycles. The minimum absolute atomic E-state index is 0.185. The van der Waals surface area contributed by atoms with E-state index in [0.29, 0.717) is 16.8 Å². The Morgan fingerprint density at radius 2 is 1.71 bits per heavy atom. The molecule has 2 heterocycles. The number of anilines is 2. The van der Waals surface area contributed by atoms with Gasteiger partial charge in [0.05, 0.1) is 5.41 Å². The molecule has 0 aliphatic heterocycles. The smallest absolute Gasteiger partial charge is 0.256 e. The molecule has 4 saturated carbocycles. The summed E-state index contributed by atoms with van der Waals surface area (Å²) in [6.07, 6.45) is 8.72. The molecule has 4 aromatic rings. The molecule has 6 nitrogen and oxygen atoms in total. The van der Waals surface area contributed by atoms with Crippen molar-refractivity contribution in [3.05, 3.63) is 78.5 Å². The van der Waals surface area contributed by atoms with E-state index in [-0.39, 0.29) is 17.2 Å². The largest absolute Gasteiger partial charge is 0.355 e. The quantitative estimate of drug-likeness (QED) is 0.273. The Hall–Kier alpha value is -3.93. The highest BCUT2D eigenvalue weighted by Gasteiger charge is 2.58. The maximum Gasteiger partial charge on any atom is 0.256 e. The standard InChI is InChI=1S/C32H32N4O2/c1-31-15-20-12-21(16-31)18-32(17-20,19-31)30(38)34-25-8-5-22(6-9-25)27-14-24-13-23(7-10-26(24)35-27)29(37)36-28-4-2-3-11-33-28/h2-11,13-14,20-21,35H,12,15-19H2,1H3,(H,34,38)(H,33,36,37)/t20-,21+,31?,32?. The molecule has 2 amide bonds. The summed E-state index contributed by atoms with van der Waals surface area (Å²) >= 11 is 0. The van der Waals surface area contributed by atoms with Crippen molar-refractivity contribution in [3.63, 3.8) is 0 Å². The molecular formula is C32H32N4O2. The van der Waals surface area contributed by atoms with Crippen molar-refractivity contribution < 1.29 is 9.59 Å². The van der Waals surface area contributed by atoms with E-state index >= 15 is 0 Å². The van der Waals surface area contributed by atoms with Crippen LogP contribution in [0.3, 0.4) is 0 Å². The number of H-pyrrole nitrogens is 1. The summed E-state index contributed by atoms with van der Waals surface area (Å²) in [5.74, 6) is 1.99. The summed E-state index contributed by atoms with van der Waals surface area (Å²) in [6, 6.07) is 21.1. The van der Waals surface area contributed by atoms with E-state index in [4.69, 9.17) is 0 Å². The van der Waals surface area contributed by atoms with Gasteiger partial charge >= 0.3 is 0 Å². The molecule has 0 spiro atoms. The Morgan fingerprint density at radius 1 is 0.921 bits per heavy atom. The van der Waals surface area contributed by atoms with Crippen molar-refractivity contribution in [3.8, 4) is 11.3 Å². The molecule has 2 aromatic carbocycles. The summed E-state index contributed by atoms with van der Waals surface area (Å²) in [4.78, 5) is 33.8. The Balaban J connectivity index is 1.06. The van der Waals surface area contributed by atoms with Crippen LogP contribution < -0.4 is 10.6 Å². The van der Waals surface area contributed by atoms with Gasteiger partial charge in [-0.15, -0.1) is 0 Å².